The lowest BCUT2D eigenvalue weighted by atomic mass is 9.76. The van der Waals surface area contributed by atoms with E-state index in [9.17, 15) is 4.79 Å². The maximum atomic E-state index is 10.5. The summed E-state index contributed by atoms with van der Waals surface area (Å²) in [5.74, 6) is 0.443. The maximum absolute atomic E-state index is 10.5. The molecule has 152 valence electrons. The predicted octanol–water partition coefficient (Wildman–Crippen LogP) is 4.43. The first-order chi connectivity index (χ1) is 12.7. The van der Waals surface area contributed by atoms with Crippen LogP contribution < -0.4 is 0 Å². The number of ether oxygens (including phenoxy) is 3. The molecule has 5 nitrogen and oxygen atoms in total. The molecule has 0 aromatic rings. The average molecular weight is 371 g/mol. The summed E-state index contributed by atoms with van der Waals surface area (Å²) in [7, 11) is 0. The normalized spacial score (nSPS) is 27.3. The average Bonchev–Trinajstić information content (AvgIpc) is 3.22. The van der Waals surface area contributed by atoms with Gasteiger partial charge in [0.05, 0.1) is 12.2 Å². The van der Waals surface area contributed by atoms with Crippen LogP contribution in [0.3, 0.4) is 0 Å². The van der Waals surface area contributed by atoms with Gasteiger partial charge < -0.3 is 19.3 Å². The van der Waals surface area contributed by atoms with Crippen LogP contribution in [0, 0.1) is 11.8 Å². The molecule has 2 aliphatic heterocycles. The Morgan fingerprint density at radius 2 is 1.46 bits per heavy atom. The largest absolute Gasteiger partial charge is 0.481 e. The van der Waals surface area contributed by atoms with Gasteiger partial charge in [-0.25, -0.2) is 0 Å². The number of aliphatic carboxylic acids is 1. The summed E-state index contributed by atoms with van der Waals surface area (Å²) in [4.78, 5) is 10.5. The van der Waals surface area contributed by atoms with E-state index in [0.29, 0.717) is 43.7 Å². The van der Waals surface area contributed by atoms with E-state index in [2.05, 4.69) is 6.92 Å². The summed E-state index contributed by atoms with van der Waals surface area (Å²) in [5.41, 5.74) is 0. The predicted molar refractivity (Wildman–Crippen MR) is 101 cm³/mol. The minimum Gasteiger partial charge on any atom is -0.481 e. The smallest absolute Gasteiger partial charge is 0.303 e. The van der Waals surface area contributed by atoms with Gasteiger partial charge in [-0.2, -0.15) is 0 Å². The van der Waals surface area contributed by atoms with Gasteiger partial charge in [0, 0.05) is 32.8 Å². The van der Waals surface area contributed by atoms with Gasteiger partial charge in [-0.15, -0.1) is 0 Å². The van der Waals surface area contributed by atoms with Gasteiger partial charge in [-0.1, -0.05) is 32.6 Å². The van der Waals surface area contributed by atoms with E-state index >= 15 is 0 Å². The van der Waals surface area contributed by atoms with Crippen molar-refractivity contribution in [3.05, 3.63) is 0 Å². The summed E-state index contributed by atoms with van der Waals surface area (Å²) < 4.78 is 17.7. The first kappa shape index (κ1) is 21.6. The van der Waals surface area contributed by atoms with Crippen molar-refractivity contribution in [1.29, 1.82) is 0 Å². The fraction of sp³-hybridized carbons (Fsp3) is 0.952. The molecule has 4 unspecified atom stereocenters. The van der Waals surface area contributed by atoms with E-state index in [0.717, 1.165) is 26.1 Å². The number of hydrogen-bond acceptors (Lipinski definition) is 4. The second-order valence-electron chi connectivity index (χ2n) is 7.83. The van der Waals surface area contributed by atoms with Gasteiger partial charge in [-0.05, 0) is 50.4 Å². The van der Waals surface area contributed by atoms with Crippen LogP contribution in [-0.2, 0) is 19.0 Å². The van der Waals surface area contributed by atoms with Crippen molar-refractivity contribution < 1.29 is 24.1 Å². The molecule has 0 amide bonds. The van der Waals surface area contributed by atoms with E-state index in [4.69, 9.17) is 19.3 Å². The van der Waals surface area contributed by atoms with Crippen LogP contribution >= 0.6 is 0 Å². The molecule has 2 saturated heterocycles. The number of carbonyl (C=O) groups is 1. The molecule has 0 aliphatic carbocycles. The lowest BCUT2D eigenvalue weighted by Crippen LogP contribution is -2.29. The fourth-order valence-corrected chi connectivity index (χ4v) is 4.45. The summed E-state index contributed by atoms with van der Waals surface area (Å²) >= 11 is 0. The molecule has 2 bridgehead atoms. The number of hydrogen-bond donors (Lipinski definition) is 1. The third-order valence-corrected chi connectivity index (χ3v) is 5.85. The number of fused-ring (bicyclic) bond motifs is 2. The van der Waals surface area contributed by atoms with E-state index < -0.39 is 5.97 Å². The molecule has 1 N–H and O–H groups in total. The van der Waals surface area contributed by atoms with Gasteiger partial charge in [0.1, 0.15) is 0 Å². The van der Waals surface area contributed by atoms with E-state index in [-0.39, 0.29) is 6.42 Å². The zero-order chi connectivity index (χ0) is 18.6. The summed E-state index contributed by atoms with van der Waals surface area (Å²) in [6.45, 7) is 5.24. The first-order valence-electron chi connectivity index (χ1n) is 10.7. The number of carboxylic acids is 1. The third kappa shape index (κ3) is 7.53. The van der Waals surface area contributed by atoms with Gasteiger partial charge in [0.2, 0.25) is 0 Å². The molecule has 2 rings (SSSR count). The Labute approximate surface area is 158 Å². The summed E-state index contributed by atoms with van der Waals surface area (Å²) in [5, 5.41) is 8.64. The quantitative estimate of drug-likeness (QED) is 0.407. The van der Waals surface area contributed by atoms with Crippen molar-refractivity contribution in [2.75, 3.05) is 26.4 Å². The molecule has 2 fully saturated rings. The highest BCUT2D eigenvalue weighted by atomic mass is 16.5. The summed E-state index contributed by atoms with van der Waals surface area (Å²) in [6.07, 6.45) is 12.5. The van der Waals surface area contributed by atoms with E-state index in [1.54, 1.807) is 0 Å². The topological polar surface area (TPSA) is 65.0 Å². The molecule has 0 aromatic carbocycles. The van der Waals surface area contributed by atoms with Crippen LogP contribution in [0.2, 0.25) is 0 Å². The van der Waals surface area contributed by atoms with E-state index in [1.807, 2.05) is 0 Å². The minimum atomic E-state index is -0.750. The highest BCUT2D eigenvalue weighted by Gasteiger charge is 2.47. The Morgan fingerprint density at radius 1 is 0.885 bits per heavy atom. The second-order valence-corrected chi connectivity index (χ2v) is 7.83. The Morgan fingerprint density at radius 3 is 2.04 bits per heavy atom. The van der Waals surface area contributed by atoms with Gasteiger partial charge in [-0.3, -0.25) is 4.79 Å². The first-order valence-corrected chi connectivity index (χ1v) is 10.7. The number of unbranched alkanes of at least 4 members (excludes halogenated alkanes) is 4. The van der Waals surface area contributed by atoms with Crippen molar-refractivity contribution in [2.45, 2.75) is 89.8 Å². The van der Waals surface area contributed by atoms with Crippen molar-refractivity contribution in [2.24, 2.45) is 11.8 Å². The van der Waals surface area contributed by atoms with Crippen molar-refractivity contribution in [3.8, 4) is 0 Å². The molecule has 0 spiro atoms. The van der Waals surface area contributed by atoms with Crippen LogP contribution in [0.25, 0.3) is 0 Å². The molecule has 0 saturated carbocycles. The standard InChI is InChI=1S/C21H38O5/c1-2-3-4-5-6-13-24-15-11-17-18(20-10-9-19(17)26-20)12-16-25-14-7-8-21(22)23/h17-20H,2-16H2,1H3,(H,22,23). The highest BCUT2D eigenvalue weighted by molar-refractivity contribution is 5.66. The third-order valence-electron chi connectivity index (χ3n) is 5.85. The molecule has 0 radical (unpaired) electrons. The summed E-state index contributed by atoms with van der Waals surface area (Å²) in [6, 6.07) is 0. The number of carboxylic acid groups (broad SMARTS) is 1. The minimum absolute atomic E-state index is 0.190. The van der Waals surface area contributed by atoms with Crippen LogP contribution in [0.1, 0.15) is 77.6 Å². The molecule has 5 heteroatoms. The van der Waals surface area contributed by atoms with Crippen LogP contribution in [0.5, 0.6) is 0 Å². The van der Waals surface area contributed by atoms with Crippen molar-refractivity contribution in [3.63, 3.8) is 0 Å². The molecular weight excluding hydrogens is 332 g/mol. The Kier molecular flexibility index (Phi) is 10.6. The monoisotopic (exact) mass is 370 g/mol. The molecule has 26 heavy (non-hydrogen) atoms. The zero-order valence-corrected chi connectivity index (χ0v) is 16.5. The van der Waals surface area contributed by atoms with Gasteiger partial charge >= 0.3 is 5.97 Å². The van der Waals surface area contributed by atoms with Crippen molar-refractivity contribution in [1.82, 2.24) is 0 Å². The molecule has 2 heterocycles. The van der Waals surface area contributed by atoms with Gasteiger partial charge in [0.15, 0.2) is 0 Å². The number of rotatable bonds is 16. The maximum Gasteiger partial charge on any atom is 0.303 e. The lowest BCUT2D eigenvalue weighted by molar-refractivity contribution is -0.137. The molecule has 4 atom stereocenters. The van der Waals surface area contributed by atoms with Gasteiger partial charge in [0.25, 0.3) is 0 Å². The Balaban J connectivity index is 1.55. The zero-order valence-electron chi connectivity index (χ0n) is 16.5. The molecule has 2 aliphatic rings. The molecule has 0 aromatic heterocycles. The second kappa shape index (κ2) is 12.7. The van der Waals surface area contributed by atoms with Crippen molar-refractivity contribution >= 4 is 5.97 Å². The highest BCUT2D eigenvalue weighted by Crippen LogP contribution is 2.46. The van der Waals surface area contributed by atoms with Crippen LogP contribution in [0.15, 0.2) is 0 Å². The Bertz CT molecular complexity index is 387. The van der Waals surface area contributed by atoms with Crippen LogP contribution in [0.4, 0.5) is 0 Å². The van der Waals surface area contributed by atoms with Crippen LogP contribution in [-0.4, -0.2) is 49.7 Å². The lowest BCUT2D eigenvalue weighted by Gasteiger charge is -2.28. The molecular formula is C21H38O5. The SMILES string of the molecule is CCCCCCCOCCC1C2CCC(O2)C1CCOCCCC(=O)O. The fourth-order valence-electron chi connectivity index (χ4n) is 4.45. The Hall–Kier alpha value is -0.650. The van der Waals surface area contributed by atoms with E-state index in [1.165, 1.54) is 44.9 Å².